The summed E-state index contributed by atoms with van der Waals surface area (Å²) in [5.41, 5.74) is -0.309. The number of rotatable bonds is 8. The van der Waals surface area contributed by atoms with Gasteiger partial charge in [-0.15, -0.1) is 11.3 Å². The van der Waals surface area contributed by atoms with E-state index < -0.39 is 0 Å². The number of piperazine rings is 1. The summed E-state index contributed by atoms with van der Waals surface area (Å²) < 4.78 is 0. The highest BCUT2D eigenvalue weighted by Crippen LogP contribution is 2.39. The van der Waals surface area contributed by atoms with E-state index in [-0.39, 0.29) is 5.41 Å². The molecule has 0 N–H and O–H groups in total. The second-order valence-corrected chi connectivity index (χ2v) is 9.91. The van der Waals surface area contributed by atoms with Crippen LogP contribution in [-0.2, 0) is 5.41 Å². The Balaban J connectivity index is 1.42. The van der Waals surface area contributed by atoms with E-state index in [1.807, 2.05) is 0 Å². The Morgan fingerprint density at radius 3 is 2.44 bits per heavy atom. The summed E-state index contributed by atoms with van der Waals surface area (Å²) in [6.45, 7) is 11.7. The summed E-state index contributed by atoms with van der Waals surface area (Å²) in [4.78, 5) is 6.57. The van der Waals surface area contributed by atoms with E-state index in [4.69, 9.17) is 0 Å². The lowest BCUT2D eigenvalue weighted by Gasteiger charge is -2.38. The second kappa shape index (κ2) is 10.0. The molecule has 3 rings (SSSR count). The average Bonchev–Trinajstić information content (AvgIpc) is 3.22. The molecule has 1 aromatic rings. The van der Waals surface area contributed by atoms with Gasteiger partial charge >= 0.3 is 0 Å². The van der Waals surface area contributed by atoms with Crippen LogP contribution < -0.4 is 0 Å². The first-order chi connectivity index (χ1) is 13.1. The Hall–Kier alpha value is -0.890. The van der Waals surface area contributed by atoms with E-state index in [1.165, 1.54) is 69.7 Å². The highest BCUT2D eigenvalue weighted by atomic mass is 32.1. The van der Waals surface area contributed by atoms with Crippen molar-refractivity contribution in [2.24, 2.45) is 11.8 Å². The lowest BCUT2D eigenvalue weighted by Crippen LogP contribution is -2.48. The Kier molecular flexibility index (Phi) is 7.75. The fourth-order valence-electron chi connectivity index (χ4n) is 4.98. The molecule has 1 saturated carbocycles. The average molecular weight is 388 g/mol. The summed E-state index contributed by atoms with van der Waals surface area (Å²) in [6, 6.07) is 6.93. The van der Waals surface area contributed by atoms with Gasteiger partial charge in [0.05, 0.1) is 11.5 Å². The molecule has 27 heavy (non-hydrogen) atoms. The SMILES string of the molecule is CC(C)C(C#N)(CCCN1CCN(CC2CCCCC2)CC1)c1cccs1. The van der Waals surface area contributed by atoms with Gasteiger partial charge in [0.15, 0.2) is 0 Å². The molecule has 0 aromatic carbocycles. The largest absolute Gasteiger partial charge is 0.301 e. The topological polar surface area (TPSA) is 30.3 Å². The lowest BCUT2D eigenvalue weighted by molar-refractivity contribution is 0.107. The van der Waals surface area contributed by atoms with E-state index in [2.05, 4.69) is 47.2 Å². The fourth-order valence-corrected chi connectivity index (χ4v) is 6.04. The Bertz CT molecular complexity index is 577. The highest BCUT2D eigenvalue weighted by molar-refractivity contribution is 7.10. The minimum atomic E-state index is -0.309. The first kappa shape index (κ1) is 20.8. The molecule has 0 amide bonds. The third-order valence-corrected chi connectivity index (χ3v) is 7.94. The van der Waals surface area contributed by atoms with Gasteiger partial charge in [0.1, 0.15) is 0 Å². The normalized spacial score (nSPS) is 22.6. The number of hydrogen-bond acceptors (Lipinski definition) is 4. The molecule has 150 valence electrons. The van der Waals surface area contributed by atoms with Crippen LogP contribution in [0, 0.1) is 23.2 Å². The van der Waals surface area contributed by atoms with E-state index in [0.717, 1.165) is 25.3 Å². The van der Waals surface area contributed by atoms with Crippen LogP contribution in [0.25, 0.3) is 0 Å². The molecular formula is C23H37N3S. The van der Waals surface area contributed by atoms with Crippen LogP contribution in [0.3, 0.4) is 0 Å². The van der Waals surface area contributed by atoms with E-state index in [1.54, 1.807) is 11.3 Å². The number of nitrogens with zero attached hydrogens (tertiary/aromatic N) is 3. The van der Waals surface area contributed by atoms with Crippen molar-refractivity contribution in [1.82, 2.24) is 9.80 Å². The molecule has 1 aliphatic carbocycles. The number of nitriles is 1. The van der Waals surface area contributed by atoms with E-state index >= 15 is 0 Å². The van der Waals surface area contributed by atoms with Crippen LogP contribution in [0.1, 0.15) is 63.7 Å². The summed E-state index contributed by atoms with van der Waals surface area (Å²) in [6.07, 6.45) is 9.35. The summed E-state index contributed by atoms with van der Waals surface area (Å²) in [5.74, 6) is 1.31. The standard InChI is InChI=1S/C23H37N3S/c1-20(2)23(19-24,22-10-6-17-27-22)11-7-12-25-13-15-26(16-14-25)18-21-8-4-3-5-9-21/h6,10,17,20-21H,3-5,7-9,11-16,18H2,1-2H3. The Morgan fingerprint density at radius 2 is 1.85 bits per heavy atom. The smallest absolute Gasteiger partial charge is 0.0937 e. The summed E-state index contributed by atoms with van der Waals surface area (Å²) >= 11 is 1.74. The van der Waals surface area contributed by atoms with Crippen LogP contribution >= 0.6 is 11.3 Å². The van der Waals surface area contributed by atoms with Crippen molar-refractivity contribution >= 4 is 11.3 Å². The molecule has 2 aliphatic rings. The lowest BCUT2D eigenvalue weighted by atomic mass is 9.73. The molecule has 0 spiro atoms. The third kappa shape index (κ3) is 5.34. The van der Waals surface area contributed by atoms with Crippen molar-refractivity contribution in [3.05, 3.63) is 22.4 Å². The van der Waals surface area contributed by atoms with Gasteiger partial charge in [-0.1, -0.05) is 39.2 Å². The molecule has 2 heterocycles. The van der Waals surface area contributed by atoms with Crippen LogP contribution in [0.4, 0.5) is 0 Å². The predicted molar refractivity (Wildman–Crippen MR) is 115 cm³/mol. The second-order valence-electron chi connectivity index (χ2n) is 8.96. The summed E-state index contributed by atoms with van der Waals surface area (Å²) in [5, 5.41) is 12.1. The molecule has 4 heteroatoms. The first-order valence-electron chi connectivity index (χ1n) is 11.0. The highest BCUT2D eigenvalue weighted by Gasteiger charge is 2.36. The van der Waals surface area contributed by atoms with Gasteiger partial charge < -0.3 is 9.80 Å². The van der Waals surface area contributed by atoms with Crippen molar-refractivity contribution in [2.75, 3.05) is 39.3 Å². The zero-order valence-corrected chi connectivity index (χ0v) is 18.1. The van der Waals surface area contributed by atoms with Crippen molar-refractivity contribution in [2.45, 2.75) is 64.2 Å². The molecule has 0 bridgehead atoms. The van der Waals surface area contributed by atoms with Crippen molar-refractivity contribution in [3.63, 3.8) is 0 Å². The van der Waals surface area contributed by atoms with Crippen LogP contribution in [0.15, 0.2) is 17.5 Å². The maximum absolute atomic E-state index is 9.98. The maximum Gasteiger partial charge on any atom is 0.0937 e. The van der Waals surface area contributed by atoms with Gasteiger partial charge in [-0.3, -0.25) is 0 Å². The van der Waals surface area contributed by atoms with Crippen molar-refractivity contribution in [1.29, 1.82) is 5.26 Å². The van der Waals surface area contributed by atoms with Crippen LogP contribution in [-0.4, -0.2) is 49.1 Å². The van der Waals surface area contributed by atoms with Gasteiger partial charge in [0.25, 0.3) is 0 Å². The molecule has 3 nitrogen and oxygen atoms in total. The minimum absolute atomic E-state index is 0.309. The van der Waals surface area contributed by atoms with Gasteiger partial charge in [-0.25, -0.2) is 0 Å². The molecule has 1 atom stereocenters. The first-order valence-corrected chi connectivity index (χ1v) is 11.9. The number of thiophene rings is 1. The predicted octanol–water partition coefficient (Wildman–Crippen LogP) is 5.14. The van der Waals surface area contributed by atoms with Crippen LogP contribution in [0.2, 0.25) is 0 Å². The van der Waals surface area contributed by atoms with Gasteiger partial charge in [0, 0.05) is 37.6 Å². The monoisotopic (exact) mass is 387 g/mol. The van der Waals surface area contributed by atoms with E-state index in [0.29, 0.717) is 5.92 Å². The zero-order valence-electron chi connectivity index (χ0n) is 17.3. The molecule has 1 unspecified atom stereocenters. The minimum Gasteiger partial charge on any atom is -0.301 e. The van der Waals surface area contributed by atoms with Gasteiger partial charge in [0.2, 0.25) is 0 Å². The molecule has 1 aliphatic heterocycles. The zero-order chi connectivity index (χ0) is 19.1. The van der Waals surface area contributed by atoms with Gasteiger partial charge in [-0.05, 0) is 55.5 Å². The summed E-state index contributed by atoms with van der Waals surface area (Å²) in [7, 11) is 0. The van der Waals surface area contributed by atoms with Crippen molar-refractivity contribution < 1.29 is 0 Å². The fraction of sp³-hybridized carbons (Fsp3) is 0.783. The van der Waals surface area contributed by atoms with E-state index in [9.17, 15) is 5.26 Å². The van der Waals surface area contributed by atoms with Crippen molar-refractivity contribution in [3.8, 4) is 6.07 Å². The number of hydrogen-bond donors (Lipinski definition) is 0. The quantitative estimate of drug-likeness (QED) is 0.618. The Labute approximate surface area is 170 Å². The molecule has 2 fully saturated rings. The third-order valence-electron chi connectivity index (χ3n) is 6.90. The molecular weight excluding hydrogens is 350 g/mol. The van der Waals surface area contributed by atoms with Gasteiger partial charge in [-0.2, -0.15) is 5.26 Å². The maximum atomic E-state index is 9.98. The molecule has 1 aromatic heterocycles. The molecule has 1 saturated heterocycles. The van der Waals surface area contributed by atoms with Crippen LogP contribution in [0.5, 0.6) is 0 Å². The Morgan fingerprint density at radius 1 is 1.15 bits per heavy atom. The molecule has 0 radical (unpaired) electrons.